The first kappa shape index (κ1) is 11.7. The zero-order chi connectivity index (χ0) is 12.4. The van der Waals surface area contributed by atoms with E-state index in [4.69, 9.17) is 9.84 Å². The van der Waals surface area contributed by atoms with Crippen molar-refractivity contribution in [1.29, 1.82) is 0 Å². The average molecular weight is 233 g/mol. The fourth-order valence-electron chi connectivity index (χ4n) is 2.17. The minimum atomic E-state index is -0.896. The first-order valence-corrected chi connectivity index (χ1v) is 5.52. The molecular weight excluding hydrogens is 218 g/mol. The molecule has 0 saturated carbocycles. The number of methoxy groups -OCH3 is 1. The van der Waals surface area contributed by atoms with E-state index < -0.39 is 5.97 Å². The lowest BCUT2D eigenvalue weighted by atomic mass is 10.1. The van der Waals surface area contributed by atoms with Gasteiger partial charge in [0.15, 0.2) is 0 Å². The summed E-state index contributed by atoms with van der Waals surface area (Å²) in [6.45, 7) is 3.32. The number of benzene rings is 1. The van der Waals surface area contributed by atoms with Gasteiger partial charge in [-0.3, -0.25) is 0 Å². The highest BCUT2D eigenvalue weighted by Gasteiger charge is 2.13. The summed E-state index contributed by atoms with van der Waals surface area (Å²) in [4.78, 5) is 11.1. The summed E-state index contributed by atoms with van der Waals surface area (Å²) in [7, 11) is 1.63. The predicted molar refractivity (Wildman–Crippen MR) is 65.3 cm³/mol. The number of carboxylic acid groups (broad SMARTS) is 1. The van der Waals surface area contributed by atoms with Crippen LogP contribution in [0.15, 0.2) is 24.3 Å². The summed E-state index contributed by atoms with van der Waals surface area (Å²) in [5.74, 6) is -0.896. The summed E-state index contributed by atoms with van der Waals surface area (Å²) in [5.41, 5.74) is 2.28. The van der Waals surface area contributed by atoms with Crippen LogP contribution in [-0.2, 0) is 17.9 Å². The Labute approximate surface area is 99.4 Å². The minimum absolute atomic E-state index is 0.340. The van der Waals surface area contributed by atoms with Crippen LogP contribution in [0.25, 0.3) is 10.9 Å². The fourth-order valence-corrected chi connectivity index (χ4v) is 2.17. The molecule has 4 nitrogen and oxygen atoms in total. The second-order valence-electron chi connectivity index (χ2n) is 3.86. The van der Waals surface area contributed by atoms with Crippen LogP contribution in [0.2, 0.25) is 0 Å². The molecule has 0 amide bonds. The lowest BCUT2D eigenvalue weighted by Gasteiger charge is -2.06. The number of fused-ring (bicyclic) bond motifs is 1. The number of carbonyl (C=O) groups is 1. The summed E-state index contributed by atoms with van der Waals surface area (Å²) < 4.78 is 7.21. The fraction of sp³-hybridized carbons (Fsp3) is 0.308. The van der Waals surface area contributed by atoms with Crippen LogP contribution < -0.4 is 0 Å². The lowest BCUT2D eigenvalue weighted by Crippen LogP contribution is -2.01. The molecule has 17 heavy (non-hydrogen) atoms. The van der Waals surface area contributed by atoms with Crippen molar-refractivity contribution < 1.29 is 14.6 Å². The largest absolute Gasteiger partial charge is 0.478 e. The Morgan fingerprint density at radius 3 is 2.82 bits per heavy atom. The van der Waals surface area contributed by atoms with Gasteiger partial charge in [-0.15, -0.1) is 0 Å². The van der Waals surface area contributed by atoms with Gasteiger partial charge in [0.25, 0.3) is 0 Å². The van der Waals surface area contributed by atoms with E-state index in [0.29, 0.717) is 12.2 Å². The van der Waals surface area contributed by atoms with E-state index >= 15 is 0 Å². The number of hydrogen-bond acceptors (Lipinski definition) is 2. The number of aromatic nitrogens is 1. The number of aromatic carboxylic acids is 1. The molecule has 0 saturated heterocycles. The summed E-state index contributed by atoms with van der Waals surface area (Å²) in [6, 6.07) is 7.23. The van der Waals surface area contributed by atoms with E-state index in [0.717, 1.165) is 23.1 Å². The van der Waals surface area contributed by atoms with Crippen molar-refractivity contribution in [3.63, 3.8) is 0 Å². The zero-order valence-corrected chi connectivity index (χ0v) is 9.93. The molecule has 1 N–H and O–H groups in total. The third-order valence-corrected chi connectivity index (χ3v) is 2.87. The highest BCUT2D eigenvalue weighted by molar-refractivity contribution is 6.03. The van der Waals surface area contributed by atoms with Gasteiger partial charge in [-0.1, -0.05) is 6.07 Å². The van der Waals surface area contributed by atoms with E-state index in [1.807, 2.05) is 19.1 Å². The first-order valence-electron chi connectivity index (χ1n) is 5.52. The highest BCUT2D eigenvalue weighted by Crippen LogP contribution is 2.24. The van der Waals surface area contributed by atoms with E-state index in [-0.39, 0.29) is 0 Å². The molecule has 0 aliphatic rings. The summed E-state index contributed by atoms with van der Waals surface area (Å²) in [6.07, 6.45) is 0. The minimum Gasteiger partial charge on any atom is -0.478 e. The summed E-state index contributed by atoms with van der Waals surface area (Å²) >= 11 is 0. The smallest absolute Gasteiger partial charge is 0.336 e. The molecule has 2 rings (SSSR count). The van der Waals surface area contributed by atoms with Gasteiger partial charge < -0.3 is 14.4 Å². The third-order valence-electron chi connectivity index (χ3n) is 2.87. The molecule has 0 unspecified atom stereocenters. The van der Waals surface area contributed by atoms with Crippen molar-refractivity contribution in [1.82, 2.24) is 4.57 Å². The number of hydrogen-bond donors (Lipinski definition) is 1. The molecule has 0 radical (unpaired) electrons. The highest BCUT2D eigenvalue weighted by atomic mass is 16.5. The average Bonchev–Trinajstić information content (AvgIpc) is 2.66. The topological polar surface area (TPSA) is 51.5 Å². The number of rotatable bonds is 4. The summed E-state index contributed by atoms with van der Waals surface area (Å²) in [5, 5.41) is 9.92. The molecule has 0 fully saturated rings. The Morgan fingerprint density at radius 1 is 1.47 bits per heavy atom. The van der Waals surface area contributed by atoms with Gasteiger partial charge in [0, 0.05) is 30.3 Å². The SMILES string of the molecule is CCn1c(COC)cc2c(C(=O)O)cccc21. The number of nitrogens with zero attached hydrogens (tertiary/aromatic N) is 1. The molecule has 0 bridgehead atoms. The van der Waals surface area contributed by atoms with Crippen LogP contribution in [0.3, 0.4) is 0 Å². The van der Waals surface area contributed by atoms with Crippen molar-refractivity contribution in [3.05, 3.63) is 35.5 Å². The van der Waals surface area contributed by atoms with E-state index in [1.54, 1.807) is 19.2 Å². The normalized spacial score (nSPS) is 10.9. The van der Waals surface area contributed by atoms with Gasteiger partial charge in [0.1, 0.15) is 0 Å². The second-order valence-corrected chi connectivity index (χ2v) is 3.86. The Kier molecular flexibility index (Phi) is 3.15. The molecule has 0 aliphatic heterocycles. The first-order chi connectivity index (χ1) is 8.19. The van der Waals surface area contributed by atoms with E-state index in [1.165, 1.54) is 0 Å². The molecule has 0 spiro atoms. The molecule has 1 aromatic heterocycles. The predicted octanol–water partition coefficient (Wildman–Crippen LogP) is 2.51. The Bertz CT molecular complexity index is 557. The van der Waals surface area contributed by atoms with Crippen LogP contribution in [0.1, 0.15) is 23.0 Å². The van der Waals surface area contributed by atoms with Gasteiger partial charge in [0.2, 0.25) is 0 Å². The molecule has 90 valence electrons. The Balaban J connectivity index is 2.71. The van der Waals surface area contributed by atoms with Crippen molar-refractivity contribution >= 4 is 16.9 Å². The third kappa shape index (κ3) is 1.91. The molecular formula is C13H15NO3. The van der Waals surface area contributed by atoms with Crippen molar-refractivity contribution in [2.24, 2.45) is 0 Å². The maximum absolute atomic E-state index is 11.1. The van der Waals surface area contributed by atoms with Gasteiger partial charge in [0.05, 0.1) is 12.2 Å². The zero-order valence-electron chi connectivity index (χ0n) is 9.93. The van der Waals surface area contributed by atoms with Crippen LogP contribution in [0.4, 0.5) is 0 Å². The maximum Gasteiger partial charge on any atom is 0.336 e. The standard InChI is InChI=1S/C13H15NO3/c1-3-14-9(8-17-2)7-11-10(13(15)16)5-4-6-12(11)14/h4-7H,3,8H2,1-2H3,(H,15,16). The number of ether oxygens (including phenoxy) is 1. The van der Waals surface area contributed by atoms with E-state index in [2.05, 4.69) is 4.57 Å². The van der Waals surface area contributed by atoms with Crippen LogP contribution >= 0.6 is 0 Å². The van der Waals surface area contributed by atoms with Gasteiger partial charge in [-0.25, -0.2) is 4.79 Å². The number of carboxylic acids is 1. The molecule has 0 aliphatic carbocycles. The maximum atomic E-state index is 11.1. The quantitative estimate of drug-likeness (QED) is 0.882. The van der Waals surface area contributed by atoms with Crippen molar-refractivity contribution in [2.75, 3.05) is 7.11 Å². The Morgan fingerprint density at radius 2 is 2.24 bits per heavy atom. The molecule has 0 atom stereocenters. The monoisotopic (exact) mass is 233 g/mol. The van der Waals surface area contributed by atoms with Gasteiger partial charge in [-0.2, -0.15) is 0 Å². The molecule has 4 heteroatoms. The molecule has 2 aromatic rings. The van der Waals surface area contributed by atoms with Gasteiger partial charge in [-0.05, 0) is 25.1 Å². The van der Waals surface area contributed by atoms with Gasteiger partial charge >= 0.3 is 5.97 Å². The van der Waals surface area contributed by atoms with Crippen LogP contribution in [0, 0.1) is 0 Å². The number of aryl methyl sites for hydroxylation is 1. The van der Waals surface area contributed by atoms with Crippen molar-refractivity contribution in [2.45, 2.75) is 20.1 Å². The molecule has 1 heterocycles. The van der Waals surface area contributed by atoms with Crippen LogP contribution in [-0.4, -0.2) is 22.8 Å². The lowest BCUT2D eigenvalue weighted by molar-refractivity contribution is 0.0699. The second kappa shape index (κ2) is 4.59. The Hall–Kier alpha value is -1.81. The molecule has 1 aromatic carbocycles. The van der Waals surface area contributed by atoms with E-state index in [9.17, 15) is 4.79 Å². The van der Waals surface area contributed by atoms with Crippen LogP contribution in [0.5, 0.6) is 0 Å². The van der Waals surface area contributed by atoms with Crippen molar-refractivity contribution in [3.8, 4) is 0 Å².